The zero-order chi connectivity index (χ0) is 15.2. The zero-order valence-corrected chi connectivity index (χ0v) is 10.8. The Morgan fingerprint density at radius 1 is 1.19 bits per heavy atom. The molecule has 0 unspecified atom stereocenters. The maximum absolute atomic E-state index is 11.9. The fourth-order valence-corrected chi connectivity index (χ4v) is 1.72. The summed E-state index contributed by atoms with van der Waals surface area (Å²) >= 11 is 0. The SMILES string of the molecule is N#C[C@@H](OC(=O)c1ccccc1)c1cccc([N+](=O)[O-])c1. The number of hydrogen-bond donors (Lipinski definition) is 0. The molecule has 104 valence electrons. The van der Waals surface area contributed by atoms with Crippen molar-refractivity contribution in [3.8, 4) is 6.07 Å². The summed E-state index contributed by atoms with van der Waals surface area (Å²) in [4.78, 5) is 22.0. The number of rotatable bonds is 4. The van der Waals surface area contributed by atoms with Crippen LogP contribution < -0.4 is 0 Å². The lowest BCUT2D eigenvalue weighted by Crippen LogP contribution is -2.10. The Balaban J connectivity index is 2.21. The molecule has 0 amide bonds. The van der Waals surface area contributed by atoms with Crippen LogP contribution >= 0.6 is 0 Å². The van der Waals surface area contributed by atoms with Crippen LogP contribution in [0.2, 0.25) is 0 Å². The quantitative estimate of drug-likeness (QED) is 0.488. The van der Waals surface area contributed by atoms with E-state index < -0.39 is 17.0 Å². The average molecular weight is 282 g/mol. The lowest BCUT2D eigenvalue weighted by atomic mass is 10.1. The number of nitriles is 1. The van der Waals surface area contributed by atoms with Crippen LogP contribution in [-0.2, 0) is 4.74 Å². The number of esters is 1. The van der Waals surface area contributed by atoms with Crippen molar-refractivity contribution in [2.75, 3.05) is 0 Å². The third-order valence-corrected chi connectivity index (χ3v) is 2.74. The first-order chi connectivity index (χ1) is 10.1. The molecular formula is C15H10N2O4. The second-order valence-corrected chi connectivity index (χ2v) is 4.13. The van der Waals surface area contributed by atoms with E-state index in [2.05, 4.69) is 0 Å². The van der Waals surface area contributed by atoms with E-state index in [1.807, 2.05) is 6.07 Å². The molecule has 6 heteroatoms. The summed E-state index contributed by atoms with van der Waals surface area (Å²) in [6, 6.07) is 15.5. The van der Waals surface area contributed by atoms with Crippen molar-refractivity contribution in [3.63, 3.8) is 0 Å². The second kappa shape index (κ2) is 6.30. The van der Waals surface area contributed by atoms with Gasteiger partial charge in [0.25, 0.3) is 5.69 Å². The first-order valence-corrected chi connectivity index (χ1v) is 6.02. The molecule has 0 heterocycles. The molecule has 0 aliphatic heterocycles. The van der Waals surface area contributed by atoms with Crippen molar-refractivity contribution >= 4 is 11.7 Å². The van der Waals surface area contributed by atoms with E-state index in [4.69, 9.17) is 10.00 Å². The van der Waals surface area contributed by atoms with Crippen LogP contribution in [0, 0.1) is 21.4 Å². The van der Waals surface area contributed by atoms with Gasteiger partial charge in [0.2, 0.25) is 6.10 Å². The molecule has 1 atom stereocenters. The van der Waals surface area contributed by atoms with Crippen molar-refractivity contribution < 1.29 is 14.5 Å². The molecule has 0 saturated heterocycles. The van der Waals surface area contributed by atoms with Crippen LogP contribution in [0.1, 0.15) is 22.0 Å². The molecule has 2 aromatic rings. The predicted molar refractivity (Wildman–Crippen MR) is 73.3 cm³/mol. The van der Waals surface area contributed by atoms with E-state index in [0.717, 1.165) is 0 Å². The number of ether oxygens (including phenoxy) is 1. The van der Waals surface area contributed by atoms with Gasteiger partial charge < -0.3 is 4.74 Å². The largest absolute Gasteiger partial charge is 0.438 e. The van der Waals surface area contributed by atoms with Gasteiger partial charge in [-0.05, 0) is 12.1 Å². The zero-order valence-electron chi connectivity index (χ0n) is 10.8. The van der Waals surface area contributed by atoms with Crippen molar-refractivity contribution in [3.05, 3.63) is 75.8 Å². The predicted octanol–water partition coefficient (Wildman–Crippen LogP) is 3.02. The highest BCUT2D eigenvalue weighted by atomic mass is 16.6. The smallest absolute Gasteiger partial charge is 0.339 e. The molecular weight excluding hydrogens is 272 g/mol. The van der Waals surface area contributed by atoms with Crippen molar-refractivity contribution in [1.29, 1.82) is 5.26 Å². The van der Waals surface area contributed by atoms with Crippen LogP contribution in [0.25, 0.3) is 0 Å². The minimum Gasteiger partial charge on any atom is -0.438 e. The second-order valence-electron chi connectivity index (χ2n) is 4.13. The number of hydrogen-bond acceptors (Lipinski definition) is 5. The van der Waals surface area contributed by atoms with Gasteiger partial charge >= 0.3 is 5.97 Å². The van der Waals surface area contributed by atoms with Crippen LogP contribution in [0.3, 0.4) is 0 Å². The first-order valence-electron chi connectivity index (χ1n) is 6.02. The van der Waals surface area contributed by atoms with Crippen LogP contribution in [0.15, 0.2) is 54.6 Å². The maximum atomic E-state index is 11.9. The molecule has 0 saturated carbocycles. The molecule has 0 bridgehead atoms. The van der Waals surface area contributed by atoms with E-state index in [9.17, 15) is 14.9 Å². The van der Waals surface area contributed by atoms with Crippen molar-refractivity contribution in [1.82, 2.24) is 0 Å². The van der Waals surface area contributed by atoms with Gasteiger partial charge in [-0.15, -0.1) is 0 Å². The van der Waals surface area contributed by atoms with Crippen LogP contribution in [-0.4, -0.2) is 10.9 Å². The Kier molecular flexibility index (Phi) is 4.26. The Morgan fingerprint density at radius 2 is 1.90 bits per heavy atom. The summed E-state index contributed by atoms with van der Waals surface area (Å²) in [5.41, 5.74) is 0.405. The number of nitrogens with zero attached hydrogens (tertiary/aromatic N) is 2. The van der Waals surface area contributed by atoms with Gasteiger partial charge in [-0.25, -0.2) is 4.79 Å². The van der Waals surface area contributed by atoms with Gasteiger partial charge in [0.05, 0.1) is 10.5 Å². The summed E-state index contributed by atoms with van der Waals surface area (Å²) < 4.78 is 5.08. The molecule has 0 spiro atoms. The minimum atomic E-state index is -1.20. The summed E-state index contributed by atoms with van der Waals surface area (Å²) in [6.45, 7) is 0. The van der Waals surface area contributed by atoms with E-state index in [0.29, 0.717) is 5.56 Å². The van der Waals surface area contributed by atoms with Gasteiger partial charge in [0.1, 0.15) is 6.07 Å². The Morgan fingerprint density at radius 3 is 2.52 bits per heavy atom. The Bertz CT molecular complexity index is 707. The van der Waals surface area contributed by atoms with E-state index in [1.54, 1.807) is 30.3 Å². The number of non-ortho nitro benzene ring substituents is 1. The summed E-state index contributed by atoms with van der Waals surface area (Å²) in [5.74, 6) is -0.659. The van der Waals surface area contributed by atoms with Crippen molar-refractivity contribution in [2.45, 2.75) is 6.10 Å². The van der Waals surface area contributed by atoms with Crippen molar-refractivity contribution in [2.24, 2.45) is 0 Å². The standard InChI is InChI=1S/C15H10N2O4/c16-10-14(12-7-4-8-13(9-12)17(19)20)21-15(18)11-5-2-1-3-6-11/h1-9,14H/t14-/m1/s1. The van der Waals surface area contributed by atoms with Crippen LogP contribution in [0.4, 0.5) is 5.69 Å². The fraction of sp³-hybridized carbons (Fsp3) is 0.0667. The summed E-state index contributed by atoms with van der Waals surface area (Å²) in [5, 5.41) is 19.8. The molecule has 6 nitrogen and oxygen atoms in total. The maximum Gasteiger partial charge on any atom is 0.339 e. The molecule has 0 N–H and O–H groups in total. The van der Waals surface area contributed by atoms with Crippen LogP contribution in [0.5, 0.6) is 0 Å². The normalized spacial score (nSPS) is 11.2. The molecule has 0 aliphatic rings. The van der Waals surface area contributed by atoms with Gasteiger partial charge in [-0.2, -0.15) is 5.26 Å². The molecule has 0 aliphatic carbocycles. The summed E-state index contributed by atoms with van der Waals surface area (Å²) in [6.07, 6.45) is -1.20. The molecule has 0 radical (unpaired) electrons. The third kappa shape index (κ3) is 3.42. The number of nitro benzene ring substituents is 1. The highest BCUT2D eigenvalue weighted by Crippen LogP contribution is 2.22. The molecule has 0 fully saturated rings. The minimum absolute atomic E-state index is 0.163. The summed E-state index contributed by atoms with van der Waals surface area (Å²) in [7, 11) is 0. The van der Waals surface area contributed by atoms with Gasteiger partial charge in [-0.1, -0.05) is 30.3 Å². The molecule has 21 heavy (non-hydrogen) atoms. The third-order valence-electron chi connectivity index (χ3n) is 2.74. The topological polar surface area (TPSA) is 93.2 Å². The number of carbonyl (C=O) groups is 1. The number of nitro groups is 1. The van der Waals surface area contributed by atoms with E-state index >= 15 is 0 Å². The monoisotopic (exact) mass is 282 g/mol. The number of carbonyl (C=O) groups excluding carboxylic acids is 1. The highest BCUT2D eigenvalue weighted by molar-refractivity contribution is 5.89. The fourth-order valence-electron chi connectivity index (χ4n) is 1.72. The first kappa shape index (κ1) is 14.2. The van der Waals surface area contributed by atoms with Gasteiger partial charge in [-0.3, -0.25) is 10.1 Å². The number of benzene rings is 2. The highest BCUT2D eigenvalue weighted by Gasteiger charge is 2.19. The molecule has 2 aromatic carbocycles. The Hall–Kier alpha value is -3.20. The molecule has 0 aromatic heterocycles. The molecule has 2 rings (SSSR count). The van der Waals surface area contributed by atoms with Gasteiger partial charge in [0.15, 0.2) is 0 Å². The Labute approximate surface area is 120 Å². The lowest BCUT2D eigenvalue weighted by Gasteiger charge is -2.11. The van der Waals surface area contributed by atoms with Gasteiger partial charge in [0, 0.05) is 17.7 Å². The van der Waals surface area contributed by atoms with E-state index in [-0.39, 0.29) is 11.3 Å². The lowest BCUT2D eigenvalue weighted by molar-refractivity contribution is -0.385. The average Bonchev–Trinajstić information content (AvgIpc) is 2.53. The van der Waals surface area contributed by atoms with E-state index in [1.165, 1.54) is 24.3 Å².